The maximum Gasteiger partial charge on any atom is 0.413 e. The number of hydrogen-bond acceptors (Lipinski definition) is 6. The summed E-state index contributed by atoms with van der Waals surface area (Å²) in [7, 11) is -2.67. The first-order valence-electron chi connectivity index (χ1n) is 9.05. The number of carbonyl (C=O) groups is 1. The monoisotopic (exact) mass is 418 g/mol. The van der Waals surface area contributed by atoms with Gasteiger partial charge in [-0.1, -0.05) is 13.3 Å². The predicted octanol–water partition coefficient (Wildman–Crippen LogP) is 3.66. The minimum Gasteiger partial charge on any atom is -0.465 e. The molecule has 0 saturated heterocycles. The van der Waals surface area contributed by atoms with Crippen molar-refractivity contribution in [2.24, 2.45) is 0 Å². The third-order valence-electron chi connectivity index (χ3n) is 4.26. The molecule has 0 fully saturated rings. The third-order valence-corrected chi connectivity index (χ3v) is 5.52. The number of unbranched alkanes of at least 4 members (excludes halogenated alkanes) is 1. The van der Waals surface area contributed by atoms with E-state index in [1.165, 1.54) is 31.3 Å². The van der Waals surface area contributed by atoms with Gasteiger partial charge in [0, 0.05) is 25.3 Å². The van der Waals surface area contributed by atoms with Crippen LogP contribution in [0, 0.1) is 0 Å². The minimum atomic E-state index is -4.02. The van der Waals surface area contributed by atoms with E-state index >= 15 is 0 Å². The number of amides is 1. The van der Waals surface area contributed by atoms with Crippen molar-refractivity contribution in [2.75, 3.05) is 23.8 Å². The summed E-state index contributed by atoms with van der Waals surface area (Å²) in [4.78, 5) is 19.0. The summed E-state index contributed by atoms with van der Waals surface area (Å²) in [5.41, 5.74) is 1.78. The minimum absolute atomic E-state index is 0.0342. The number of anilines is 2. The van der Waals surface area contributed by atoms with Gasteiger partial charge in [0.2, 0.25) is 5.95 Å². The first kappa shape index (κ1) is 20.5. The van der Waals surface area contributed by atoms with Crippen LogP contribution in [0.1, 0.15) is 19.8 Å². The molecule has 0 unspecified atom stereocenters. The van der Waals surface area contributed by atoms with Crippen LogP contribution in [0.2, 0.25) is 0 Å². The van der Waals surface area contributed by atoms with Crippen LogP contribution in [0.4, 0.5) is 16.4 Å². The molecular formula is C19H22N4O5S. The fourth-order valence-corrected chi connectivity index (χ4v) is 3.52. The number of aromatic amines is 1. The molecular weight excluding hydrogens is 396 g/mol. The molecule has 0 aliphatic heterocycles. The van der Waals surface area contributed by atoms with E-state index in [-0.39, 0.29) is 16.6 Å². The number of aromatic nitrogens is 2. The topological polar surface area (TPSA) is 125 Å². The van der Waals surface area contributed by atoms with E-state index in [1.54, 1.807) is 18.2 Å². The van der Waals surface area contributed by atoms with Crippen molar-refractivity contribution in [1.29, 1.82) is 0 Å². The van der Waals surface area contributed by atoms with E-state index in [4.69, 9.17) is 9.29 Å². The molecule has 154 valence electrons. The van der Waals surface area contributed by atoms with Gasteiger partial charge >= 0.3 is 16.2 Å². The Morgan fingerprint density at radius 2 is 1.97 bits per heavy atom. The second-order valence-electron chi connectivity index (χ2n) is 6.42. The number of nitrogens with zero attached hydrogens (tertiary/aromatic N) is 2. The largest absolute Gasteiger partial charge is 0.465 e. The Kier molecular flexibility index (Phi) is 5.92. The molecule has 0 aliphatic carbocycles. The Bertz CT molecular complexity index is 1110. The van der Waals surface area contributed by atoms with Crippen LogP contribution in [0.25, 0.3) is 11.0 Å². The molecule has 0 spiro atoms. The maximum absolute atomic E-state index is 12.6. The van der Waals surface area contributed by atoms with Crippen LogP contribution in [-0.2, 0) is 10.1 Å². The van der Waals surface area contributed by atoms with Gasteiger partial charge in [-0.05, 0) is 42.8 Å². The van der Waals surface area contributed by atoms with Crippen LogP contribution in [-0.4, -0.2) is 43.2 Å². The quantitative estimate of drug-likeness (QED) is 0.377. The predicted molar refractivity (Wildman–Crippen MR) is 110 cm³/mol. The molecule has 1 heterocycles. The highest BCUT2D eigenvalue weighted by molar-refractivity contribution is 7.87. The van der Waals surface area contributed by atoms with Crippen molar-refractivity contribution in [3.63, 3.8) is 0 Å². The number of benzene rings is 2. The van der Waals surface area contributed by atoms with Gasteiger partial charge in [0.1, 0.15) is 10.6 Å². The lowest BCUT2D eigenvalue weighted by molar-refractivity contribution is 0.203. The van der Waals surface area contributed by atoms with Gasteiger partial charge in [-0.2, -0.15) is 8.42 Å². The van der Waals surface area contributed by atoms with E-state index in [1.807, 2.05) is 0 Å². The Hall–Kier alpha value is -3.27. The van der Waals surface area contributed by atoms with Crippen molar-refractivity contribution in [1.82, 2.24) is 9.97 Å². The first-order chi connectivity index (χ1) is 13.8. The lowest BCUT2D eigenvalue weighted by Crippen LogP contribution is -2.24. The molecule has 0 bridgehead atoms. The molecule has 2 aromatic carbocycles. The van der Waals surface area contributed by atoms with Gasteiger partial charge in [0.15, 0.2) is 0 Å². The zero-order valence-corrected chi connectivity index (χ0v) is 16.9. The molecule has 10 heteroatoms. The van der Waals surface area contributed by atoms with Gasteiger partial charge in [-0.3, -0.25) is 4.90 Å². The Morgan fingerprint density at radius 3 is 2.62 bits per heavy atom. The summed E-state index contributed by atoms with van der Waals surface area (Å²) in [5, 5.41) is 12.3. The lowest BCUT2D eigenvalue weighted by Gasteiger charge is -2.09. The highest BCUT2D eigenvalue weighted by Crippen LogP contribution is 2.25. The van der Waals surface area contributed by atoms with Crippen molar-refractivity contribution >= 4 is 38.9 Å². The molecule has 9 nitrogen and oxygen atoms in total. The number of nitrogens with one attached hydrogen (secondary N) is 2. The number of hydrogen-bond donors (Lipinski definition) is 3. The van der Waals surface area contributed by atoms with Crippen LogP contribution in [0.5, 0.6) is 5.75 Å². The van der Waals surface area contributed by atoms with Crippen molar-refractivity contribution in [3.05, 3.63) is 42.5 Å². The number of fused-ring (bicyclic) bond motifs is 1. The molecule has 3 aromatic rings. The average molecular weight is 418 g/mol. The first-order valence-corrected chi connectivity index (χ1v) is 10.5. The highest BCUT2D eigenvalue weighted by atomic mass is 32.2. The van der Waals surface area contributed by atoms with Gasteiger partial charge in [0.25, 0.3) is 0 Å². The van der Waals surface area contributed by atoms with E-state index in [0.29, 0.717) is 11.0 Å². The zero-order chi connectivity index (χ0) is 21.0. The van der Waals surface area contributed by atoms with Gasteiger partial charge in [0.05, 0.1) is 11.0 Å². The smallest absolute Gasteiger partial charge is 0.413 e. The van der Waals surface area contributed by atoms with Gasteiger partial charge < -0.3 is 19.6 Å². The Balaban J connectivity index is 1.77. The molecule has 0 radical (unpaired) electrons. The third kappa shape index (κ3) is 4.77. The highest BCUT2D eigenvalue weighted by Gasteiger charge is 2.18. The second kappa shape index (κ2) is 8.39. The SMILES string of the molecule is CCCCNc1ccc(S(=O)(=O)Oc2ccc3[nH]c(N(C)C(=O)O)nc3c2)cc1. The Labute approximate surface area is 168 Å². The molecule has 0 aliphatic rings. The van der Waals surface area contributed by atoms with E-state index in [9.17, 15) is 13.2 Å². The standard InChI is InChI=1S/C19H22N4O5S/c1-3-4-11-20-13-5-8-15(9-6-13)29(26,27)28-14-7-10-16-17(12-14)22-18(21-16)23(2)19(24)25/h5-10,12,20H,3-4,11H2,1-2H3,(H,21,22)(H,24,25). The molecule has 3 rings (SSSR count). The van der Waals surface area contributed by atoms with E-state index in [0.717, 1.165) is 30.0 Å². The van der Waals surface area contributed by atoms with Crippen molar-refractivity contribution < 1.29 is 22.5 Å². The summed E-state index contributed by atoms with van der Waals surface area (Å²) < 4.78 is 30.3. The molecule has 1 aromatic heterocycles. The van der Waals surface area contributed by atoms with Crippen molar-refractivity contribution in [2.45, 2.75) is 24.7 Å². The van der Waals surface area contributed by atoms with Crippen LogP contribution < -0.4 is 14.4 Å². The number of rotatable bonds is 8. The van der Waals surface area contributed by atoms with E-state index < -0.39 is 16.2 Å². The number of H-pyrrole nitrogens is 1. The van der Waals surface area contributed by atoms with E-state index in [2.05, 4.69) is 22.2 Å². The lowest BCUT2D eigenvalue weighted by atomic mass is 10.3. The molecule has 0 atom stereocenters. The second-order valence-corrected chi connectivity index (χ2v) is 7.97. The molecule has 1 amide bonds. The Morgan fingerprint density at radius 1 is 1.24 bits per heavy atom. The van der Waals surface area contributed by atoms with Crippen LogP contribution in [0.15, 0.2) is 47.4 Å². The summed E-state index contributed by atoms with van der Waals surface area (Å²) in [5.74, 6) is 0.206. The summed E-state index contributed by atoms with van der Waals surface area (Å²) in [6.45, 7) is 2.92. The van der Waals surface area contributed by atoms with Crippen LogP contribution in [0.3, 0.4) is 0 Å². The number of imidazole rings is 1. The molecule has 29 heavy (non-hydrogen) atoms. The summed E-state index contributed by atoms with van der Waals surface area (Å²) >= 11 is 0. The fourth-order valence-electron chi connectivity index (χ4n) is 2.60. The fraction of sp³-hybridized carbons (Fsp3) is 0.263. The summed E-state index contributed by atoms with van der Waals surface area (Å²) in [6.07, 6.45) is 0.931. The normalized spacial score (nSPS) is 11.4. The number of carboxylic acid groups (broad SMARTS) is 1. The molecule has 3 N–H and O–H groups in total. The summed E-state index contributed by atoms with van der Waals surface area (Å²) in [6, 6.07) is 10.8. The van der Waals surface area contributed by atoms with Gasteiger partial charge in [-0.15, -0.1) is 0 Å². The molecule has 0 saturated carbocycles. The van der Waals surface area contributed by atoms with Crippen molar-refractivity contribution in [3.8, 4) is 5.75 Å². The van der Waals surface area contributed by atoms with Gasteiger partial charge in [-0.25, -0.2) is 9.78 Å². The zero-order valence-electron chi connectivity index (χ0n) is 16.0. The van der Waals surface area contributed by atoms with Crippen LogP contribution >= 0.6 is 0 Å². The average Bonchev–Trinajstić information content (AvgIpc) is 3.11. The maximum atomic E-state index is 12.6.